The molecule has 2 N–H and O–H groups in total. The number of hydrogen-bond donors (Lipinski definition) is 2. The molecule has 1 aromatic carbocycles. The van der Waals surface area contributed by atoms with Crippen molar-refractivity contribution in [3.8, 4) is 0 Å². The maximum Gasteiger partial charge on any atom is 0.323 e. The van der Waals surface area contributed by atoms with Crippen LogP contribution < -0.4 is 9.62 Å². The van der Waals surface area contributed by atoms with Gasteiger partial charge in [-0.25, -0.2) is 8.42 Å². The average molecular weight is 351 g/mol. The van der Waals surface area contributed by atoms with Gasteiger partial charge in [0.25, 0.3) is 0 Å². The van der Waals surface area contributed by atoms with E-state index in [1.54, 1.807) is 37.2 Å². The first-order valence-electron chi connectivity index (χ1n) is 5.36. The van der Waals surface area contributed by atoms with Gasteiger partial charge in [-0.3, -0.25) is 9.52 Å². The lowest BCUT2D eigenvalue weighted by molar-refractivity contribution is -0.136. The number of halogens is 1. The van der Waals surface area contributed by atoms with Gasteiger partial charge in [-0.05, 0) is 25.1 Å². The number of hydrogen-bond acceptors (Lipinski definition) is 4. The minimum atomic E-state index is -3.98. The Bertz CT molecular complexity index is 586. The van der Waals surface area contributed by atoms with Gasteiger partial charge in [0.05, 0.1) is 11.4 Å². The third-order valence-electron chi connectivity index (χ3n) is 2.51. The highest BCUT2D eigenvalue weighted by atomic mass is 79.9. The Hall–Kier alpha value is -1.28. The van der Waals surface area contributed by atoms with Gasteiger partial charge in [0.1, 0.15) is 0 Å². The average Bonchev–Trinajstić information content (AvgIpc) is 2.26. The van der Waals surface area contributed by atoms with E-state index in [4.69, 9.17) is 5.11 Å². The SMILES string of the molecule is CC(C(=O)O)S(=O)(=O)Nc1cc(Br)ccc1N(C)C. The van der Waals surface area contributed by atoms with Crippen molar-refractivity contribution in [1.29, 1.82) is 0 Å². The van der Waals surface area contributed by atoms with E-state index >= 15 is 0 Å². The Morgan fingerprint density at radius 3 is 2.47 bits per heavy atom. The van der Waals surface area contributed by atoms with Gasteiger partial charge in [0.15, 0.2) is 5.25 Å². The van der Waals surface area contributed by atoms with Crippen molar-refractivity contribution in [2.75, 3.05) is 23.7 Å². The molecule has 106 valence electrons. The summed E-state index contributed by atoms with van der Waals surface area (Å²) in [7, 11) is -0.451. The van der Waals surface area contributed by atoms with Gasteiger partial charge in [0.2, 0.25) is 10.0 Å². The van der Waals surface area contributed by atoms with Crippen molar-refractivity contribution in [2.45, 2.75) is 12.2 Å². The highest BCUT2D eigenvalue weighted by molar-refractivity contribution is 9.10. The predicted octanol–water partition coefficient (Wildman–Crippen LogP) is 1.73. The Morgan fingerprint density at radius 2 is 2.00 bits per heavy atom. The van der Waals surface area contributed by atoms with Crippen LogP contribution in [0.4, 0.5) is 11.4 Å². The van der Waals surface area contributed by atoms with Crippen LogP contribution in [0.25, 0.3) is 0 Å². The van der Waals surface area contributed by atoms with Crippen molar-refractivity contribution in [3.05, 3.63) is 22.7 Å². The Kier molecular flexibility index (Phi) is 4.81. The molecule has 0 bridgehead atoms. The minimum absolute atomic E-state index is 0.326. The maximum atomic E-state index is 11.9. The van der Waals surface area contributed by atoms with Crippen LogP contribution in [0.3, 0.4) is 0 Å². The van der Waals surface area contributed by atoms with Gasteiger partial charge in [-0.15, -0.1) is 0 Å². The van der Waals surface area contributed by atoms with Gasteiger partial charge >= 0.3 is 5.97 Å². The molecule has 1 rings (SSSR count). The number of carboxylic acid groups (broad SMARTS) is 1. The molecule has 0 aliphatic rings. The van der Waals surface area contributed by atoms with Gasteiger partial charge < -0.3 is 10.0 Å². The molecule has 0 aliphatic heterocycles. The summed E-state index contributed by atoms with van der Waals surface area (Å²) in [6.07, 6.45) is 0. The molecule has 0 saturated heterocycles. The van der Waals surface area contributed by atoms with Crippen molar-refractivity contribution < 1.29 is 18.3 Å². The zero-order valence-corrected chi connectivity index (χ0v) is 13.1. The molecule has 1 atom stereocenters. The smallest absolute Gasteiger partial charge is 0.323 e. The molecule has 0 spiro atoms. The summed E-state index contributed by atoms with van der Waals surface area (Å²) in [6.45, 7) is 1.12. The fourth-order valence-corrected chi connectivity index (χ4v) is 2.63. The first kappa shape index (κ1) is 15.8. The normalized spacial score (nSPS) is 12.8. The summed E-state index contributed by atoms with van der Waals surface area (Å²) < 4.78 is 26.8. The summed E-state index contributed by atoms with van der Waals surface area (Å²) in [6, 6.07) is 5.09. The van der Waals surface area contributed by atoms with Crippen molar-refractivity contribution in [3.63, 3.8) is 0 Å². The highest BCUT2D eigenvalue weighted by Gasteiger charge is 2.28. The molecule has 0 amide bonds. The molecule has 0 fully saturated rings. The maximum absolute atomic E-state index is 11.9. The van der Waals surface area contributed by atoms with Gasteiger partial charge in [-0.2, -0.15) is 0 Å². The largest absolute Gasteiger partial charge is 0.480 e. The van der Waals surface area contributed by atoms with Crippen molar-refractivity contribution >= 4 is 43.3 Å². The quantitative estimate of drug-likeness (QED) is 0.844. The Morgan fingerprint density at radius 1 is 1.42 bits per heavy atom. The fourth-order valence-electron chi connectivity index (χ4n) is 1.35. The molecular weight excluding hydrogens is 336 g/mol. The van der Waals surface area contributed by atoms with Crippen LogP contribution in [-0.2, 0) is 14.8 Å². The van der Waals surface area contributed by atoms with E-state index in [2.05, 4.69) is 20.7 Å². The van der Waals surface area contributed by atoms with Crippen LogP contribution in [0.1, 0.15) is 6.92 Å². The molecule has 0 heterocycles. The molecule has 1 unspecified atom stereocenters. The molecule has 0 aliphatic carbocycles. The van der Waals surface area contributed by atoms with E-state index < -0.39 is 21.2 Å². The summed E-state index contributed by atoms with van der Waals surface area (Å²) >= 11 is 3.25. The van der Waals surface area contributed by atoms with Crippen molar-refractivity contribution in [2.24, 2.45) is 0 Å². The summed E-state index contributed by atoms with van der Waals surface area (Å²) in [5.74, 6) is -1.39. The molecule has 0 aromatic heterocycles. The second-order valence-electron chi connectivity index (χ2n) is 4.18. The van der Waals surface area contributed by atoms with E-state index in [0.29, 0.717) is 15.8 Å². The zero-order chi connectivity index (χ0) is 14.8. The van der Waals surface area contributed by atoms with Crippen LogP contribution in [-0.4, -0.2) is 38.8 Å². The first-order chi connectivity index (χ1) is 8.65. The van der Waals surface area contributed by atoms with Crippen LogP contribution in [0.5, 0.6) is 0 Å². The number of carbonyl (C=O) groups is 1. The van der Waals surface area contributed by atoms with Crippen LogP contribution >= 0.6 is 15.9 Å². The number of rotatable bonds is 5. The summed E-state index contributed by atoms with van der Waals surface area (Å²) in [5.41, 5.74) is 0.969. The number of nitrogens with one attached hydrogen (secondary N) is 1. The Balaban J connectivity index is 3.18. The van der Waals surface area contributed by atoms with Crippen LogP contribution in [0, 0.1) is 0 Å². The highest BCUT2D eigenvalue weighted by Crippen LogP contribution is 2.29. The zero-order valence-electron chi connectivity index (χ0n) is 10.7. The van der Waals surface area contributed by atoms with E-state index in [0.717, 1.165) is 6.92 Å². The van der Waals surface area contributed by atoms with Crippen LogP contribution in [0.2, 0.25) is 0 Å². The van der Waals surface area contributed by atoms with E-state index in [1.807, 2.05) is 0 Å². The number of aliphatic carboxylic acids is 1. The molecule has 0 radical (unpaired) electrons. The monoisotopic (exact) mass is 350 g/mol. The molecule has 6 nitrogen and oxygen atoms in total. The number of nitrogens with zero attached hydrogens (tertiary/aromatic N) is 1. The van der Waals surface area contributed by atoms with Crippen molar-refractivity contribution in [1.82, 2.24) is 0 Å². The summed E-state index contributed by atoms with van der Waals surface area (Å²) in [5, 5.41) is 7.26. The molecule has 1 aromatic rings. The van der Waals surface area contributed by atoms with E-state index in [1.165, 1.54) is 0 Å². The molecule has 8 heteroatoms. The lowest BCUT2D eigenvalue weighted by Crippen LogP contribution is -2.32. The third-order valence-corrected chi connectivity index (χ3v) is 4.64. The lowest BCUT2D eigenvalue weighted by atomic mass is 10.2. The molecular formula is C11H15BrN2O4S. The third kappa shape index (κ3) is 3.84. The van der Waals surface area contributed by atoms with E-state index in [9.17, 15) is 13.2 Å². The predicted molar refractivity (Wildman–Crippen MR) is 78.1 cm³/mol. The lowest BCUT2D eigenvalue weighted by Gasteiger charge is -2.19. The summed E-state index contributed by atoms with van der Waals surface area (Å²) in [4.78, 5) is 12.5. The van der Waals surface area contributed by atoms with Crippen LogP contribution in [0.15, 0.2) is 22.7 Å². The number of benzene rings is 1. The fraction of sp³-hybridized carbons (Fsp3) is 0.364. The van der Waals surface area contributed by atoms with Gasteiger partial charge in [0, 0.05) is 18.6 Å². The number of sulfonamides is 1. The number of anilines is 2. The topological polar surface area (TPSA) is 86.7 Å². The standard InChI is InChI=1S/C11H15BrN2O4S/c1-7(11(15)16)19(17,18)13-9-6-8(12)4-5-10(9)14(2)3/h4-7,13H,1-3H3,(H,15,16). The molecule has 0 saturated carbocycles. The number of carboxylic acids is 1. The second kappa shape index (κ2) is 5.79. The first-order valence-corrected chi connectivity index (χ1v) is 7.70. The second-order valence-corrected chi connectivity index (χ2v) is 7.10. The Labute approximate surface area is 120 Å². The van der Waals surface area contributed by atoms with Gasteiger partial charge in [-0.1, -0.05) is 15.9 Å². The minimum Gasteiger partial charge on any atom is -0.480 e. The van der Waals surface area contributed by atoms with E-state index in [-0.39, 0.29) is 0 Å². The molecule has 19 heavy (non-hydrogen) atoms.